The first-order valence-electron chi connectivity index (χ1n) is 11.6. The van der Waals surface area contributed by atoms with Crippen molar-refractivity contribution >= 4 is 23.6 Å². The van der Waals surface area contributed by atoms with Crippen LogP contribution in [-0.4, -0.2) is 74.5 Å². The van der Waals surface area contributed by atoms with E-state index in [2.05, 4.69) is 17.6 Å². The van der Waals surface area contributed by atoms with E-state index in [-0.39, 0.29) is 18.1 Å². The zero-order valence-corrected chi connectivity index (χ0v) is 19.3. The first-order chi connectivity index (χ1) is 14.7. The number of thioether (sulfide) groups is 1. The Bertz CT molecular complexity index is 494. The van der Waals surface area contributed by atoms with E-state index in [1.165, 1.54) is 0 Å². The minimum atomic E-state index is -0.0330. The molecule has 8 heteroatoms. The van der Waals surface area contributed by atoms with Gasteiger partial charge in [0.15, 0.2) is 0 Å². The third-order valence-corrected chi connectivity index (χ3v) is 7.02. The highest BCUT2D eigenvalue weighted by molar-refractivity contribution is 8.00. The van der Waals surface area contributed by atoms with Crippen LogP contribution in [0.5, 0.6) is 0 Å². The normalized spacial score (nSPS) is 22.7. The summed E-state index contributed by atoms with van der Waals surface area (Å²) in [5.74, 6) is 1.35. The predicted molar refractivity (Wildman–Crippen MR) is 120 cm³/mol. The zero-order valence-electron chi connectivity index (χ0n) is 18.5. The summed E-state index contributed by atoms with van der Waals surface area (Å²) in [4.78, 5) is 23.4. The smallest absolute Gasteiger partial charge is 0.315 e. The maximum atomic E-state index is 12.0. The Balaban J connectivity index is 1.31. The number of Topliss-reactive ketones (excluding diaryl/α,β-unsaturated/α-hetero) is 1. The number of fused-ring (bicyclic) bond motifs is 1. The van der Waals surface area contributed by atoms with Crippen molar-refractivity contribution in [1.29, 1.82) is 0 Å². The molecule has 2 N–H and O–H groups in total. The van der Waals surface area contributed by atoms with Gasteiger partial charge >= 0.3 is 6.03 Å². The summed E-state index contributed by atoms with van der Waals surface area (Å²) in [5.41, 5.74) is 0. The number of urea groups is 1. The molecular weight excluding hydrogens is 404 g/mol. The van der Waals surface area contributed by atoms with Crippen LogP contribution >= 0.6 is 11.8 Å². The molecule has 2 fully saturated rings. The number of unbranched alkanes of at least 4 members (excludes halogenated alkanes) is 3. The van der Waals surface area contributed by atoms with Crippen molar-refractivity contribution in [3.63, 3.8) is 0 Å². The third kappa shape index (κ3) is 10.5. The van der Waals surface area contributed by atoms with Crippen LogP contribution < -0.4 is 10.6 Å². The van der Waals surface area contributed by atoms with Crippen LogP contribution in [0.2, 0.25) is 0 Å². The maximum Gasteiger partial charge on any atom is 0.315 e. The molecule has 2 amide bonds. The molecule has 2 heterocycles. The van der Waals surface area contributed by atoms with Gasteiger partial charge in [-0.25, -0.2) is 4.79 Å². The van der Waals surface area contributed by atoms with Crippen LogP contribution in [-0.2, 0) is 19.0 Å². The highest BCUT2D eigenvalue weighted by Gasteiger charge is 2.42. The van der Waals surface area contributed by atoms with Crippen LogP contribution in [0.25, 0.3) is 0 Å². The Hall–Kier alpha value is -0.830. The number of carbonyl (C=O) groups is 2. The molecule has 0 aromatic carbocycles. The number of ether oxygens (including phenoxy) is 3. The predicted octanol–water partition coefficient (Wildman–Crippen LogP) is 3.30. The minimum Gasteiger partial charge on any atom is -0.379 e. The Labute approximate surface area is 185 Å². The largest absolute Gasteiger partial charge is 0.379 e. The van der Waals surface area contributed by atoms with Gasteiger partial charge in [-0.3, -0.25) is 4.79 Å². The van der Waals surface area contributed by atoms with Gasteiger partial charge in [-0.15, -0.1) is 0 Å². The summed E-state index contributed by atoms with van der Waals surface area (Å²) < 4.78 is 16.4. The van der Waals surface area contributed by atoms with Crippen molar-refractivity contribution in [2.45, 2.75) is 82.0 Å². The number of nitrogens with one attached hydrogen (secondary N) is 2. The van der Waals surface area contributed by atoms with Crippen LogP contribution in [0, 0.1) is 0 Å². The van der Waals surface area contributed by atoms with Gasteiger partial charge in [0.05, 0.1) is 38.5 Å². The molecule has 2 saturated heterocycles. The molecule has 0 aromatic rings. The fraction of sp³-hybridized carbons (Fsp3) is 0.909. The molecule has 3 atom stereocenters. The van der Waals surface area contributed by atoms with E-state index in [0.29, 0.717) is 56.9 Å². The second kappa shape index (κ2) is 15.9. The Morgan fingerprint density at radius 3 is 2.23 bits per heavy atom. The third-order valence-electron chi connectivity index (χ3n) is 5.51. The SMILES string of the molecule is CCCCOCCOCCOCCCCC(=O)CCCC[C@@H]1SC[C@@H]2NC(=O)N[C@@H]21. The zero-order chi connectivity index (χ0) is 21.4. The molecule has 0 aliphatic carbocycles. The maximum absolute atomic E-state index is 12.0. The van der Waals surface area contributed by atoms with Gasteiger partial charge in [0.1, 0.15) is 5.78 Å². The topological polar surface area (TPSA) is 85.9 Å². The molecule has 0 spiro atoms. The molecule has 0 saturated carbocycles. The first-order valence-corrected chi connectivity index (χ1v) is 12.7. The van der Waals surface area contributed by atoms with Crippen LogP contribution in [0.3, 0.4) is 0 Å². The number of amides is 2. The van der Waals surface area contributed by atoms with Crippen molar-refractivity contribution in [3.8, 4) is 0 Å². The van der Waals surface area contributed by atoms with E-state index >= 15 is 0 Å². The minimum absolute atomic E-state index is 0.0330. The quantitative estimate of drug-likeness (QED) is 0.235. The van der Waals surface area contributed by atoms with Crippen LogP contribution in [0.4, 0.5) is 4.79 Å². The van der Waals surface area contributed by atoms with Gasteiger partial charge in [-0.1, -0.05) is 19.8 Å². The lowest BCUT2D eigenvalue weighted by Crippen LogP contribution is -2.36. The summed E-state index contributed by atoms with van der Waals surface area (Å²) in [5, 5.41) is 6.47. The van der Waals surface area contributed by atoms with E-state index in [1.54, 1.807) is 0 Å². The molecule has 174 valence electrons. The first kappa shape index (κ1) is 25.4. The fourth-order valence-electron chi connectivity index (χ4n) is 3.75. The number of ketones is 1. The monoisotopic (exact) mass is 444 g/mol. The molecular formula is C22H40N2O5S. The van der Waals surface area contributed by atoms with Crippen LogP contribution in [0.1, 0.15) is 64.7 Å². The van der Waals surface area contributed by atoms with Crippen molar-refractivity contribution in [3.05, 3.63) is 0 Å². The number of hydrogen-bond donors (Lipinski definition) is 2. The lowest BCUT2D eigenvalue weighted by molar-refractivity contribution is -0.119. The van der Waals surface area contributed by atoms with Crippen molar-refractivity contribution in [1.82, 2.24) is 10.6 Å². The molecule has 7 nitrogen and oxygen atoms in total. The lowest BCUT2D eigenvalue weighted by atomic mass is 10.0. The highest BCUT2D eigenvalue weighted by atomic mass is 32.2. The van der Waals surface area contributed by atoms with E-state index in [1.807, 2.05) is 11.8 Å². The summed E-state index contributed by atoms with van der Waals surface area (Å²) in [6.45, 7) is 6.11. The van der Waals surface area contributed by atoms with Crippen LogP contribution in [0.15, 0.2) is 0 Å². The van der Waals surface area contributed by atoms with Gasteiger partial charge in [0.2, 0.25) is 0 Å². The Morgan fingerprint density at radius 1 is 0.900 bits per heavy atom. The second-order valence-corrected chi connectivity index (χ2v) is 9.33. The van der Waals surface area contributed by atoms with Gasteiger partial charge in [0, 0.05) is 37.1 Å². The molecule has 0 bridgehead atoms. The Kier molecular flexibility index (Phi) is 13.5. The number of rotatable bonds is 19. The summed E-state index contributed by atoms with van der Waals surface area (Å²) in [7, 11) is 0. The van der Waals surface area contributed by atoms with Gasteiger partial charge in [-0.2, -0.15) is 11.8 Å². The molecule has 0 unspecified atom stereocenters. The average molecular weight is 445 g/mol. The van der Waals surface area contributed by atoms with Crippen molar-refractivity contribution in [2.75, 3.05) is 45.4 Å². The number of carbonyl (C=O) groups excluding carboxylic acids is 2. The molecule has 0 aromatic heterocycles. The average Bonchev–Trinajstić information content (AvgIpc) is 3.28. The summed E-state index contributed by atoms with van der Waals surface area (Å²) in [6, 6.07) is 0.518. The summed E-state index contributed by atoms with van der Waals surface area (Å²) in [6.07, 6.45) is 8.46. The molecule has 2 aliphatic rings. The number of hydrogen-bond acceptors (Lipinski definition) is 6. The lowest BCUT2D eigenvalue weighted by Gasteiger charge is -2.16. The highest BCUT2D eigenvalue weighted by Crippen LogP contribution is 2.33. The molecule has 2 aliphatic heterocycles. The second-order valence-electron chi connectivity index (χ2n) is 8.05. The van der Waals surface area contributed by atoms with E-state index < -0.39 is 0 Å². The van der Waals surface area contributed by atoms with E-state index in [0.717, 1.165) is 57.3 Å². The summed E-state index contributed by atoms with van der Waals surface area (Å²) >= 11 is 1.94. The van der Waals surface area contributed by atoms with E-state index in [9.17, 15) is 9.59 Å². The van der Waals surface area contributed by atoms with Gasteiger partial charge in [0.25, 0.3) is 0 Å². The van der Waals surface area contributed by atoms with Gasteiger partial charge in [-0.05, 0) is 32.1 Å². The van der Waals surface area contributed by atoms with E-state index in [4.69, 9.17) is 14.2 Å². The molecule has 0 radical (unpaired) electrons. The Morgan fingerprint density at radius 2 is 1.53 bits per heavy atom. The van der Waals surface area contributed by atoms with Gasteiger partial charge < -0.3 is 24.8 Å². The fourth-order valence-corrected chi connectivity index (χ4v) is 5.29. The van der Waals surface area contributed by atoms with Crippen molar-refractivity contribution < 1.29 is 23.8 Å². The molecule has 30 heavy (non-hydrogen) atoms. The van der Waals surface area contributed by atoms with Crippen molar-refractivity contribution in [2.24, 2.45) is 0 Å². The molecule has 2 rings (SSSR count). The standard InChI is InChI=1S/C22H40N2O5S/c1-2-3-11-27-13-15-29-16-14-28-12-7-6-9-18(25)8-4-5-10-20-21-19(17-30-20)23-22(26)24-21/h19-21H,2-17H2,1H3,(H2,23,24,26)/t19-,20-,21-/m0/s1.